The maximum atomic E-state index is 12.6. The molecule has 2 unspecified atom stereocenters. The van der Waals surface area contributed by atoms with Crippen LogP contribution in [0, 0.1) is 11.8 Å². The molecule has 5 heteroatoms. The van der Waals surface area contributed by atoms with E-state index in [4.69, 9.17) is 5.11 Å². The Bertz CT molecular complexity index is 587. The molecule has 0 aliphatic carbocycles. The van der Waals surface area contributed by atoms with E-state index in [2.05, 4.69) is 23.8 Å². The number of hydrogen-bond donors (Lipinski definition) is 1. The minimum absolute atomic E-state index is 0.123. The van der Waals surface area contributed by atoms with Crippen LogP contribution in [0.1, 0.15) is 33.8 Å². The lowest BCUT2D eigenvalue weighted by Crippen LogP contribution is -2.39. The zero-order chi connectivity index (χ0) is 14.8. The van der Waals surface area contributed by atoms with Crippen LogP contribution in [0.5, 0.6) is 0 Å². The molecule has 2 aliphatic heterocycles. The Kier molecular flexibility index (Phi) is 4.29. The number of amides is 1. The first-order valence-corrected chi connectivity index (χ1v) is 8.21. The van der Waals surface area contributed by atoms with Crippen molar-refractivity contribution in [2.45, 2.75) is 31.3 Å². The van der Waals surface area contributed by atoms with Gasteiger partial charge in [0.25, 0.3) is 5.91 Å². The molecule has 21 heavy (non-hydrogen) atoms. The third-order valence-corrected chi connectivity index (χ3v) is 5.53. The fourth-order valence-electron chi connectivity index (χ4n) is 3.30. The van der Waals surface area contributed by atoms with Gasteiger partial charge in [-0.15, -0.1) is 11.3 Å². The first-order valence-electron chi connectivity index (χ1n) is 7.40. The topological polar surface area (TPSA) is 43.8 Å². The predicted octanol–water partition coefficient (Wildman–Crippen LogP) is 1.40. The molecule has 1 aromatic heterocycles. The Morgan fingerprint density at radius 1 is 1.38 bits per heavy atom. The molecule has 2 aliphatic rings. The minimum atomic E-state index is -0.150. The van der Waals surface area contributed by atoms with Crippen LogP contribution < -0.4 is 0 Å². The molecule has 0 saturated carbocycles. The van der Waals surface area contributed by atoms with Crippen LogP contribution in [-0.2, 0) is 0 Å². The zero-order valence-electron chi connectivity index (χ0n) is 12.2. The van der Waals surface area contributed by atoms with Crippen molar-refractivity contribution in [1.82, 2.24) is 9.80 Å². The molecule has 1 aromatic rings. The van der Waals surface area contributed by atoms with Gasteiger partial charge in [0.05, 0.1) is 9.75 Å². The molecule has 1 amide bonds. The fraction of sp³-hybridized carbons (Fsp3) is 0.562. The van der Waals surface area contributed by atoms with Crippen LogP contribution in [-0.4, -0.2) is 59.6 Å². The van der Waals surface area contributed by atoms with Gasteiger partial charge in [0.2, 0.25) is 0 Å². The van der Waals surface area contributed by atoms with E-state index in [9.17, 15) is 4.79 Å². The van der Waals surface area contributed by atoms with E-state index in [1.807, 2.05) is 17.0 Å². The zero-order valence-corrected chi connectivity index (χ0v) is 13.0. The number of rotatable bonds is 1. The standard InChI is InChI=1S/C16H20N2O2S/c1-17-12-4-5-13(17)11-18(9-8-12)16(20)15-7-6-14(21-15)3-2-10-19/h6-7,12-13,19H,4-5,8-11H2,1H3. The average molecular weight is 304 g/mol. The monoisotopic (exact) mass is 304 g/mol. The third kappa shape index (κ3) is 2.98. The molecular formula is C16H20N2O2S. The largest absolute Gasteiger partial charge is 0.384 e. The van der Waals surface area contributed by atoms with E-state index >= 15 is 0 Å². The van der Waals surface area contributed by atoms with Crippen molar-refractivity contribution in [3.63, 3.8) is 0 Å². The average Bonchev–Trinajstić information content (AvgIpc) is 3.02. The second kappa shape index (κ2) is 6.18. The van der Waals surface area contributed by atoms with E-state index in [0.717, 1.165) is 29.3 Å². The van der Waals surface area contributed by atoms with Crippen molar-refractivity contribution >= 4 is 17.2 Å². The summed E-state index contributed by atoms with van der Waals surface area (Å²) in [7, 11) is 2.18. The number of thiophene rings is 1. The van der Waals surface area contributed by atoms with E-state index in [-0.39, 0.29) is 12.5 Å². The van der Waals surface area contributed by atoms with Crippen molar-refractivity contribution in [2.75, 3.05) is 26.7 Å². The second-order valence-electron chi connectivity index (χ2n) is 5.71. The highest BCUT2D eigenvalue weighted by atomic mass is 32.1. The molecule has 2 bridgehead atoms. The maximum absolute atomic E-state index is 12.6. The number of carbonyl (C=O) groups is 1. The summed E-state index contributed by atoms with van der Waals surface area (Å²) < 4.78 is 0. The normalized spacial score (nSPS) is 25.3. The van der Waals surface area contributed by atoms with Gasteiger partial charge >= 0.3 is 0 Å². The van der Waals surface area contributed by atoms with Crippen LogP contribution >= 0.6 is 11.3 Å². The molecule has 0 aromatic carbocycles. The third-order valence-electron chi connectivity index (χ3n) is 4.54. The molecule has 2 saturated heterocycles. The molecule has 3 rings (SSSR count). The second-order valence-corrected chi connectivity index (χ2v) is 6.80. The number of fused-ring (bicyclic) bond motifs is 2. The highest BCUT2D eigenvalue weighted by Gasteiger charge is 2.36. The van der Waals surface area contributed by atoms with E-state index in [1.54, 1.807) is 0 Å². The molecule has 1 N–H and O–H groups in total. The number of hydrogen-bond acceptors (Lipinski definition) is 4. The van der Waals surface area contributed by atoms with E-state index in [0.29, 0.717) is 12.1 Å². The van der Waals surface area contributed by atoms with Crippen LogP contribution in [0.25, 0.3) is 0 Å². The van der Waals surface area contributed by atoms with Crippen LogP contribution in [0.4, 0.5) is 0 Å². The van der Waals surface area contributed by atoms with Gasteiger partial charge in [0.15, 0.2) is 0 Å². The lowest BCUT2D eigenvalue weighted by Gasteiger charge is -2.25. The van der Waals surface area contributed by atoms with Gasteiger partial charge in [-0.3, -0.25) is 9.69 Å². The Morgan fingerprint density at radius 3 is 3.00 bits per heavy atom. The molecule has 0 radical (unpaired) electrons. The van der Waals surface area contributed by atoms with Gasteiger partial charge in [0.1, 0.15) is 6.61 Å². The van der Waals surface area contributed by atoms with Crippen molar-refractivity contribution in [3.8, 4) is 11.8 Å². The summed E-state index contributed by atoms with van der Waals surface area (Å²) in [6.45, 7) is 1.53. The first kappa shape index (κ1) is 14.6. The van der Waals surface area contributed by atoms with Gasteiger partial charge in [-0.1, -0.05) is 11.8 Å². The SMILES string of the molecule is CN1C2CCC1CN(C(=O)c1ccc(C#CCO)s1)CC2. The van der Waals surface area contributed by atoms with Crippen molar-refractivity contribution in [2.24, 2.45) is 0 Å². The summed E-state index contributed by atoms with van der Waals surface area (Å²) >= 11 is 1.41. The summed E-state index contributed by atoms with van der Waals surface area (Å²) in [5.74, 6) is 5.60. The van der Waals surface area contributed by atoms with E-state index in [1.165, 1.54) is 24.2 Å². The number of aliphatic hydroxyl groups is 1. The lowest BCUT2D eigenvalue weighted by molar-refractivity contribution is 0.0745. The van der Waals surface area contributed by atoms with Crippen molar-refractivity contribution in [1.29, 1.82) is 0 Å². The smallest absolute Gasteiger partial charge is 0.264 e. The summed E-state index contributed by atoms with van der Waals surface area (Å²) in [4.78, 5) is 18.7. The van der Waals surface area contributed by atoms with Gasteiger partial charge < -0.3 is 10.0 Å². The summed E-state index contributed by atoms with van der Waals surface area (Å²) in [6.07, 6.45) is 3.53. The van der Waals surface area contributed by atoms with Crippen LogP contribution in [0.3, 0.4) is 0 Å². The lowest BCUT2D eigenvalue weighted by atomic mass is 10.1. The molecular weight excluding hydrogens is 284 g/mol. The quantitative estimate of drug-likeness (QED) is 0.798. The highest BCUT2D eigenvalue weighted by Crippen LogP contribution is 2.29. The van der Waals surface area contributed by atoms with Gasteiger partial charge in [-0.05, 0) is 38.4 Å². The summed E-state index contributed by atoms with van der Waals surface area (Å²) in [5, 5.41) is 8.72. The molecule has 0 spiro atoms. The van der Waals surface area contributed by atoms with Crippen LogP contribution in [0.2, 0.25) is 0 Å². The first-order chi connectivity index (χ1) is 10.2. The Hall–Kier alpha value is -1.35. The Morgan fingerprint density at radius 2 is 2.19 bits per heavy atom. The molecule has 4 nitrogen and oxygen atoms in total. The fourth-order valence-corrected chi connectivity index (χ4v) is 4.14. The van der Waals surface area contributed by atoms with Crippen molar-refractivity contribution in [3.05, 3.63) is 21.9 Å². The molecule has 112 valence electrons. The predicted molar refractivity (Wildman–Crippen MR) is 83.4 cm³/mol. The number of aliphatic hydroxyl groups excluding tert-OH is 1. The number of likely N-dealkylation sites (N-methyl/N-ethyl adjacent to an activating group) is 1. The minimum Gasteiger partial charge on any atom is -0.384 e. The summed E-state index contributed by atoms with van der Waals surface area (Å²) in [6, 6.07) is 4.86. The van der Waals surface area contributed by atoms with Gasteiger partial charge in [0, 0.05) is 25.2 Å². The van der Waals surface area contributed by atoms with Crippen molar-refractivity contribution < 1.29 is 9.90 Å². The molecule has 2 atom stereocenters. The molecule has 3 heterocycles. The Labute approximate surface area is 129 Å². The van der Waals surface area contributed by atoms with Gasteiger partial charge in [-0.25, -0.2) is 0 Å². The number of nitrogens with zero attached hydrogens (tertiary/aromatic N) is 2. The van der Waals surface area contributed by atoms with E-state index < -0.39 is 0 Å². The maximum Gasteiger partial charge on any atom is 0.264 e. The van der Waals surface area contributed by atoms with Crippen LogP contribution in [0.15, 0.2) is 12.1 Å². The Balaban J connectivity index is 1.71. The number of carbonyl (C=O) groups excluding carboxylic acids is 1. The molecule has 2 fully saturated rings. The summed E-state index contributed by atoms with van der Waals surface area (Å²) in [5.41, 5.74) is 0. The number of likely N-dealkylation sites (tertiary alicyclic amines) is 1. The van der Waals surface area contributed by atoms with Gasteiger partial charge in [-0.2, -0.15) is 0 Å². The highest BCUT2D eigenvalue weighted by molar-refractivity contribution is 7.14.